The number of benzene rings is 2. The first kappa shape index (κ1) is 21.4. The number of carbonyl (C=O) groups is 2. The Morgan fingerprint density at radius 2 is 1.73 bits per heavy atom. The average molecular weight is 436 g/mol. The van der Waals surface area contributed by atoms with Crippen molar-refractivity contribution in [2.45, 2.75) is 13.0 Å². The van der Waals surface area contributed by atoms with Crippen molar-refractivity contribution >= 4 is 52.2 Å². The molecular weight excluding hydrogens is 414 g/mol. The molecule has 0 saturated carbocycles. The van der Waals surface area contributed by atoms with Crippen molar-refractivity contribution in [1.29, 1.82) is 0 Å². The number of anilines is 1. The molecule has 30 heavy (non-hydrogen) atoms. The van der Waals surface area contributed by atoms with Gasteiger partial charge in [-0.15, -0.1) is 11.3 Å². The van der Waals surface area contributed by atoms with Crippen molar-refractivity contribution in [3.05, 3.63) is 94.2 Å². The van der Waals surface area contributed by atoms with Gasteiger partial charge in [-0.25, -0.2) is 0 Å². The molecule has 5 nitrogen and oxygen atoms in total. The maximum absolute atomic E-state index is 12.5. The van der Waals surface area contributed by atoms with E-state index in [-0.39, 0.29) is 23.0 Å². The second-order valence-electron chi connectivity index (χ2n) is 6.48. The van der Waals surface area contributed by atoms with Gasteiger partial charge >= 0.3 is 0 Å². The van der Waals surface area contributed by atoms with Gasteiger partial charge < -0.3 is 10.6 Å². The van der Waals surface area contributed by atoms with E-state index in [0.717, 1.165) is 10.4 Å². The smallest absolute Gasteiger partial charge is 0.251 e. The summed E-state index contributed by atoms with van der Waals surface area (Å²) in [4.78, 5) is 25.4. The summed E-state index contributed by atoms with van der Waals surface area (Å²) in [6.45, 7) is 1.94. The molecule has 3 N–H and O–H groups in total. The van der Waals surface area contributed by atoms with Gasteiger partial charge in [-0.3, -0.25) is 14.9 Å². The van der Waals surface area contributed by atoms with Crippen LogP contribution >= 0.6 is 23.6 Å². The molecule has 3 rings (SSSR count). The number of thiocarbonyl (C=S) groups is 1. The number of amides is 2. The van der Waals surface area contributed by atoms with Gasteiger partial charge in [0.25, 0.3) is 5.91 Å². The quantitative estimate of drug-likeness (QED) is 0.385. The van der Waals surface area contributed by atoms with E-state index in [1.807, 2.05) is 54.8 Å². The number of thiophene rings is 1. The first-order valence-corrected chi connectivity index (χ1v) is 10.6. The maximum atomic E-state index is 12.5. The molecule has 3 aromatic rings. The van der Waals surface area contributed by atoms with E-state index in [1.54, 1.807) is 41.7 Å². The van der Waals surface area contributed by atoms with Crippen LogP contribution in [0.2, 0.25) is 0 Å². The monoisotopic (exact) mass is 435 g/mol. The second kappa shape index (κ2) is 10.5. The lowest BCUT2D eigenvalue weighted by Gasteiger charge is -2.14. The van der Waals surface area contributed by atoms with E-state index in [4.69, 9.17) is 12.2 Å². The molecule has 0 fully saturated rings. The van der Waals surface area contributed by atoms with Crippen LogP contribution in [0.5, 0.6) is 0 Å². The van der Waals surface area contributed by atoms with Gasteiger partial charge in [-0.2, -0.15) is 0 Å². The molecule has 2 amide bonds. The summed E-state index contributed by atoms with van der Waals surface area (Å²) in [6.07, 6.45) is 3.16. The molecule has 7 heteroatoms. The molecular formula is C23H21N3O2S2. The largest absolute Gasteiger partial charge is 0.346 e. The van der Waals surface area contributed by atoms with Gasteiger partial charge in [-0.1, -0.05) is 36.4 Å². The molecule has 0 saturated heterocycles. The lowest BCUT2D eigenvalue weighted by atomic mass is 10.1. The minimum Gasteiger partial charge on any atom is -0.346 e. The summed E-state index contributed by atoms with van der Waals surface area (Å²) in [5.41, 5.74) is 2.26. The van der Waals surface area contributed by atoms with Crippen LogP contribution in [-0.4, -0.2) is 16.9 Å². The Morgan fingerprint density at radius 1 is 1.00 bits per heavy atom. The first-order valence-electron chi connectivity index (χ1n) is 9.30. The Balaban J connectivity index is 1.50. The van der Waals surface area contributed by atoms with E-state index in [0.29, 0.717) is 11.3 Å². The van der Waals surface area contributed by atoms with Gasteiger partial charge in [0.2, 0.25) is 5.91 Å². The highest BCUT2D eigenvalue weighted by molar-refractivity contribution is 7.80. The van der Waals surface area contributed by atoms with Crippen molar-refractivity contribution in [3.8, 4) is 0 Å². The average Bonchev–Trinajstić information content (AvgIpc) is 3.27. The lowest BCUT2D eigenvalue weighted by molar-refractivity contribution is -0.115. The minimum absolute atomic E-state index is 0.0958. The standard InChI is InChI=1S/C23H21N3O2S2/c1-16(17-6-3-2-4-7-17)24-22(28)18-9-11-19(12-10-18)25-23(29)26-21(27)14-13-20-8-5-15-30-20/h2-16H,1H3,(H,24,28)(H2,25,26,27,29)/b14-13+. The fraction of sp³-hybridized carbons (Fsp3) is 0.0870. The number of nitrogens with one attached hydrogen (secondary N) is 3. The van der Waals surface area contributed by atoms with Crippen LogP contribution in [0.4, 0.5) is 5.69 Å². The van der Waals surface area contributed by atoms with Crippen LogP contribution in [-0.2, 0) is 4.79 Å². The Kier molecular flexibility index (Phi) is 7.48. The van der Waals surface area contributed by atoms with Crippen molar-refractivity contribution in [2.75, 3.05) is 5.32 Å². The molecule has 0 aliphatic heterocycles. The van der Waals surface area contributed by atoms with Gasteiger partial charge in [-0.05, 0) is 66.5 Å². The molecule has 0 spiro atoms. The normalized spacial score (nSPS) is 11.6. The fourth-order valence-electron chi connectivity index (χ4n) is 2.67. The predicted molar refractivity (Wildman–Crippen MR) is 126 cm³/mol. The summed E-state index contributed by atoms with van der Waals surface area (Å²) in [5, 5.41) is 10.6. The Morgan fingerprint density at radius 3 is 2.40 bits per heavy atom. The van der Waals surface area contributed by atoms with E-state index < -0.39 is 0 Å². The van der Waals surface area contributed by atoms with Gasteiger partial charge in [0.05, 0.1) is 6.04 Å². The molecule has 0 bridgehead atoms. The molecule has 0 aliphatic carbocycles. The van der Waals surface area contributed by atoms with Crippen molar-refractivity contribution in [1.82, 2.24) is 10.6 Å². The maximum Gasteiger partial charge on any atom is 0.251 e. The van der Waals surface area contributed by atoms with E-state index in [2.05, 4.69) is 16.0 Å². The molecule has 2 aromatic carbocycles. The third-order valence-electron chi connectivity index (χ3n) is 4.23. The second-order valence-corrected chi connectivity index (χ2v) is 7.86. The molecule has 0 aliphatic rings. The number of rotatable bonds is 6. The zero-order valence-electron chi connectivity index (χ0n) is 16.3. The lowest BCUT2D eigenvalue weighted by Crippen LogP contribution is -2.32. The number of carbonyl (C=O) groups excluding carboxylic acids is 2. The minimum atomic E-state index is -0.313. The molecule has 1 unspecified atom stereocenters. The third-order valence-corrected chi connectivity index (χ3v) is 5.27. The Labute approximate surface area is 184 Å². The molecule has 1 atom stereocenters. The summed E-state index contributed by atoms with van der Waals surface area (Å²) in [7, 11) is 0. The van der Waals surface area contributed by atoms with Crippen LogP contribution in [0.3, 0.4) is 0 Å². The van der Waals surface area contributed by atoms with Gasteiger partial charge in [0.15, 0.2) is 5.11 Å². The SMILES string of the molecule is CC(NC(=O)c1ccc(NC(=S)NC(=O)/C=C/c2cccs2)cc1)c1ccccc1. The summed E-state index contributed by atoms with van der Waals surface area (Å²) < 4.78 is 0. The van der Waals surface area contributed by atoms with Gasteiger partial charge in [0.1, 0.15) is 0 Å². The van der Waals surface area contributed by atoms with Crippen LogP contribution < -0.4 is 16.0 Å². The zero-order chi connectivity index (χ0) is 21.3. The van der Waals surface area contributed by atoms with Crippen LogP contribution in [0.1, 0.15) is 33.8 Å². The summed E-state index contributed by atoms with van der Waals surface area (Å²) >= 11 is 6.71. The molecule has 0 radical (unpaired) electrons. The molecule has 152 valence electrons. The topological polar surface area (TPSA) is 70.2 Å². The van der Waals surface area contributed by atoms with Crippen LogP contribution in [0.25, 0.3) is 6.08 Å². The number of hydrogen-bond acceptors (Lipinski definition) is 4. The van der Waals surface area contributed by atoms with Crippen LogP contribution in [0, 0.1) is 0 Å². The van der Waals surface area contributed by atoms with E-state index in [1.165, 1.54) is 6.08 Å². The highest BCUT2D eigenvalue weighted by atomic mass is 32.1. The molecule has 1 aromatic heterocycles. The fourth-order valence-corrected chi connectivity index (χ4v) is 3.51. The Bertz CT molecular complexity index is 1030. The summed E-state index contributed by atoms with van der Waals surface area (Å²) in [5.74, 6) is -0.473. The predicted octanol–water partition coefficient (Wildman–Crippen LogP) is 4.77. The van der Waals surface area contributed by atoms with Crippen LogP contribution in [0.15, 0.2) is 78.2 Å². The Hall–Kier alpha value is -3.29. The zero-order valence-corrected chi connectivity index (χ0v) is 17.9. The summed E-state index contributed by atoms with van der Waals surface area (Å²) in [6, 6.07) is 20.4. The van der Waals surface area contributed by atoms with Crippen molar-refractivity contribution in [2.24, 2.45) is 0 Å². The third kappa shape index (κ3) is 6.37. The van der Waals surface area contributed by atoms with Gasteiger partial charge in [0, 0.05) is 22.2 Å². The first-order chi connectivity index (χ1) is 14.5. The van der Waals surface area contributed by atoms with Crippen molar-refractivity contribution in [3.63, 3.8) is 0 Å². The van der Waals surface area contributed by atoms with Crippen molar-refractivity contribution < 1.29 is 9.59 Å². The number of hydrogen-bond donors (Lipinski definition) is 3. The van der Waals surface area contributed by atoms with E-state index in [9.17, 15) is 9.59 Å². The highest BCUT2D eigenvalue weighted by Crippen LogP contribution is 2.14. The van der Waals surface area contributed by atoms with E-state index >= 15 is 0 Å². The molecule has 1 heterocycles. The highest BCUT2D eigenvalue weighted by Gasteiger charge is 2.11.